The molecule has 0 aliphatic carbocycles. The van der Waals surface area contributed by atoms with Gasteiger partial charge in [0.15, 0.2) is 0 Å². The average Bonchev–Trinajstić information content (AvgIpc) is 2.30. The summed E-state index contributed by atoms with van der Waals surface area (Å²) in [5.41, 5.74) is 0.564. The van der Waals surface area contributed by atoms with Crippen LogP contribution in [0.15, 0.2) is 17.0 Å². The first-order chi connectivity index (χ1) is 8.68. The Kier molecular flexibility index (Phi) is 4.95. The van der Waals surface area contributed by atoms with Gasteiger partial charge in [-0.2, -0.15) is 0 Å². The van der Waals surface area contributed by atoms with Crippen LogP contribution in [0.4, 0.5) is 0 Å². The fourth-order valence-electron chi connectivity index (χ4n) is 1.73. The normalized spacial score (nSPS) is 11.4. The van der Waals surface area contributed by atoms with E-state index in [9.17, 15) is 13.2 Å². The van der Waals surface area contributed by atoms with Gasteiger partial charge in [-0.15, -0.1) is 0 Å². The predicted octanol–water partition coefficient (Wildman–Crippen LogP) is 1.78. The molecule has 19 heavy (non-hydrogen) atoms. The van der Waals surface area contributed by atoms with Crippen molar-refractivity contribution in [2.45, 2.75) is 25.2 Å². The second-order valence-corrected chi connectivity index (χ2v) is 6.29. The van der Waals surface area contributed by atoms with E-state index in [-0.39, 0.29) is 21.4 Å². The highest BCUT2D eigenvalue weighted by Gasteiger charge is 2.19. The summed E-state index contributed by atoms with van der Waals surface area (Å²) < 4.78 is 22.9. The van der Waals surface area contributed by atoms with E-state index in [0.29, 0.717) is 12.1 Å². The van der Waals surface area contributed by atoms with Crippen molar-refractivity contribution in [3.8, 4) is 0 Å². The van der Waals surface area contributed by atoms with E-state index in [4.69, 9.17) is 16.7 Å². The Balaban J connectivity index is 3.33. The van der Waals surface area contributed by atoms with Crippen LogP contribution >= 0.6 is 11.6 Å². The number of nitrogens with zero attached hydrogens (tertiary/aromatic N) is 1. The van der Waals surface area contributed by atoms with Gasteiger partial charge in [-0.25, -0.2) is 13.6 Å². The van der Waals surface area contributed by atoms with Gasteiger partial charge in [-0.1, -0.05) is 18.5 Å². The van der Waals surface area contributed by atoms with Crippen LogP contribution in [0.1, 0.15) is 29.3 Å². The molecule has 0 unspecified atom stereocenters. The minimum atomic E-state index is -3.91. The SMILES string of the molecule is CCCN(C)C(=O)c1cc(Cl)c(C)c(S(N)(=O)=O)c1. The van der Waals surface area contributed by atoms with Crippen LogP contribution in [0.5, 0.6) is 0 Å². The highest BCUT2D eigenvalue weighted by atomic mass is 35.5. The molecule has 1 rings (SSSR count). The standard InChI is InChI=1S/C12H17ClN2O3S/c1-4-5-15(3)12(16)9-6-10(13)8(2)11(7-9)19(14,17)18/h6-7H,4-5H2,1-3H3,(H2,14,17,18). The Labute approximate surface area is 118 Å². The minimum absolute atomic E-state index is 0.117. The summed E-state index contributed by atoms with van der Waals surface area (Å²) in [5, 5.41) is 5.33. The first kappa shape index (κ1) is 15.9. The van der Waals surface area contributed by atoms with Gasteiger partial charge in [0.05, 0.1) is 4.90 Å². The number of sulfonamides is 1. The number of carbonyl (C=O) groups excluding carboxylic acids is 1. The maximum Gasteiger partial charge on any atom is 0.253 e. The number of carbonyl (C=O) groups is 1. The first-order valence-corrected chi connectivity index (χ1v) is 7.69. The summed E-state index contributed by atoms with van der Waals surface area (Å²) in [6.45, 7) is 4.07. The van der Waals surface area contributed by atoms with Crippen molar-refractivity contribution in [3.63, 3.8) is 0 Å². The predicted molar refractivity (Wildman–Crippen MR) is 74.8 cm³/mol. The lowest BCUT2D eigenvalue weighted by Crippen LogP contribution is -2.28. The number of hydrogen-bond acceptors (Lipinski definition) is 3. The topological polar surface area (TPSA) is 80.5 Å². The smallest absolute Gasteiger partial charge is 0.253 e. The van der Waals surface area contributed by atoms with Gasteiger partial charge >= 0.3 is 0 Å². The molecule has 0 atom stereocenters. The summed E-state index contributed by atoms with van der Waals surface area (Å²) in [7, 11) is -2.26. The van der Waals surface area contributed by atoms with Gasteiger partial charge in [0.2, 0.25) is 10.0 Å². The summed E-state index contributed by atoms with van der Waals surface area (Å²) >= 11 is 5.96. The van der Waals surface area contributed by atoms with Crippen LogP contribution < -0.4 is 5.14 Å². The number of hydrogen-bond donors (Lipinski definition) is 1. The largest absolute Gasteiger partial charge is 0.342 e. The number of halogens is 1. The second kappa shape index (κ2) is 5.90. The van der Waals surface area contributed by atoms with Crippen molar-refractivity contribution in [1.29, 1.82) is 0 Å². The zero-order valence-corrected chi connectivity index (χ0v) is 12.7. The molecule has 0 fully saturated rings. The molecule has 0 aliphatic rings. The number of benzene rings is 1. The van der Waals surface area contributed by atoms with Gasteiger partial charge in [0, 0.05) is 24.2 Å². The Hall–Kier alpha value is -1.11. The third-order valence-corrected chi connectivity index (χ3v) is 4.19. The molecule has 0 radical (unpaired) electrons. The van der Waals surface area contributed by atoms with E-state index < -0.39 is 10.0 Å². The van der Waals surface area contributed by atoms with Crippen LogP contribution in [0.25, 0.3) is 0 Å². The summed E-state index contributed by atoms with van der Waals surface area (Å²) in [5.74, 6) is -0.284. The van der Waals surface area contributed by atoms with Crippen molar-refractivity contribution in [2.24, 2.45) is 5.14 Å². The summed E-state index contributed by atoms with van der Waals surface area (Å²) in [6.07, 6.45) is 0.809. The molecule has 0 bridgehead atoms. The molecule has 1 amide bonds. The van der Waals surface area contributed by atoms with E-state index >= 15 is 0 Å². The lowest BCUT2D eigenvalue weighted by molar-refractivity contribution is 0.0795. The zero-order valence-electron chi connectivity index (χ0n) is 11.1. The number of primary sulfonamides is 1. The molecule has 0 aromatic heterocycles. The van der Waals surface area contributed by atoms with Crippen molar-refractivity contribution in [2.75, 3.05) is 13.6 Å². The molecule has 5 nitrogen and oxygen atoms in total. The second-order valence-electron chi connectivity index (χ2n) is 4.35. The maximum atomic E-state index is 12.1. The Morgan fingerprint density at radius 3 is 2.47 bits per heavy atom. The van der Waals surface area contributed by atoms with Crippen LogP contribution in [0.2, 0.25) is 5.02 Å². The molecule has 2 N–H and O–H groups in total. The van der Waals surface area contributed by atoms with Gasteiger partial charge in [-0.3, -0.25) is 4.79 Å². The molecule has 7 heteroatoms. The highest BCUT2D eigenvalue weighted by Crippen LogP contribution is 2.25. The van der Waals surface area contributed by atoms with E-state index in [1.54, 1.807) is 14.0 Å². The minimum Gasteiger partial charge on any atom is -0.342 e. The monoisotopic (exact) mass is 304 g/mol. The first-order valence-electron chi connectivity index (χ1n) is 5.77. The fourth-order valence-corrected chi connectivity index (χ4v) is 2.83. The Morgan fingerprint density at radius 2 is 2.00 bits per heavy atom. The van der Waals surface area contributed by atoms with Gasteiger partial charge in [-0.05, 0) is 31.0 Å². The van der Waals surface area contributed by atoms with E-state index in [1.807, 2.05) is 6.92 Å². The molecule has 1 aromatic rings. The van der Waals surface area contributed by atoms with Crippen LogP contribution in [-0.2, 0) is 10.0 Å². The Morgan fingerprint density at radius 1 is 1.42 bits per heavy atom. The molecule has 106 valence electrons. The van der Waals surface area contributed by atoms with Gasteiger partial charge in [0.1, 0.15) is 0 Å². The molecule has 0 saturated heterocycles. The van der Waals surface area contributed by atoms with Crippen molar-refractivity contribution in [3.05, 3.63) is 28.3 Å². The molecule has 0 heterocycles. The lowest BCUT2D eigenvalue weighted by atomic mass is 10.1. The third-order valence-electron chi connectivity index (χ3n) is 2.76. The molecule has 1 aromatic carbocycles. The summed E-state index contributed by atoms with van der Waals surface area (Å²) in [6, 6.07) is 2.73. The van der Waals surface area contributed by atoms with Crippen LogP contribution in [-0.4, -0.2) is 32.8 Å². The highest BCUT2D eigenvalue weighted by molar-refractivity contribution is 7.89. The molecular weight excluding hydrogens is 288 g/mol. The quantitative estimate of drug-likeness (QED) is 0.920. The van der Waals surface area contributed by atoms with Crippen molar-refractivity contribution >= 4 is 27.5 Å². The van der Waals surface area contributed by atoms with E-state index in [0.717, 1.165) is 6.42 Å². The van der Waals surface area contributed by atoms with Crippen LogP contribution in [0.3, 0.4) is 0 Å². The molecule has 0 spiro atoms. The number of amides is 1. The van der Waals surface area contributed by atoms with Crippen molar-refractivity contribution < 1.29 is 13.2 Å². The molecule has 0 saturated carbocycles. The number of nitrogens with two attached hydrogens (primary N) is 1. The maximum absolute atomic E-state index is 12.1. The lowest BCUT2D eigenvalue weighted by Gasteiger charge is -2.17. The summed E-state index contributed by atoms with van der Waals surface area (Å²) in [4.78, 5) is 13.5. The molecule has 0 aliphatic heterocycles. The van der Waals surface area contributed by atoms with E-state index in [2.05, 4.69) is 0 Å². The number of rotatable bonds is 4. The Bertz CT molecular complexity index is 599. The average molecular weight is 305 g/mol. The van der Waals surface area contributed by atoms with E-state index in [1.165, 1.54) is 17.0 Å². The fraction of sp³-hybridized carbons (Fsp3) is 0.417. The van der Waals surface area contributed by atoms with Gasteiger partial charge in [0.25, 0.3) is 5.91 Å². The van der Waals surface area contributed by atoms with Crippen LogP contribution in [0, 0.1) is 6.92 Å². The van der Waals surface area contributed by atoms with Crippen molar-refractivity contribution in [1.82, 2.24) is 4.90 Å². The third kappa shape index (κ3) is 3.68. The van der Waals surface area contributed by atoms with Gasteiger partial charge < -0.3 is 4.90 Å². The zero-order chi connectivity index (χ0) is 14.8. The molecular formula is C12H17ClN2O3S.